The van der Waals surface area contributed by atoms with Gasteiger partial charge in [-0.05, 0) is 12.8 Å². The molecular weight excluding hydrogens is 224 g/mol. The van der Waals surface area contributed by atoms with Gasteiger partial charge in [0.2, 0.25) is 5.91 Å². The van der Waals surface area contributed by atoms with Crippen molar-refractivity contribution in [3.8, 4) is 0 Å². The van der Waals surface area contributed by atoms with Crippen LogP contribution in [0.4, 0.5) is 0 Å². The van der Waals surface area contributed by atoms with Crippen molar-refractivity contribution in [1.29, 1.82) is 0 Å². The number of nitrogens with one attached hydrogen (secondary N) is 2. The largest absolute Gasteiger partial charge is 0.480 e. The first-order valence-corrected chi connectivity index (χ1v) is 5.83. The Kier molecular flexibility index (Phi) is 9.37. The topological polar surface area (TPSA) is 87.7 Å². The van der Waals surface area contributed by atoms with Gasteiger partial charge in [-0.3, -0.25) is 14.9 Å². The molecule has 0 radical (unpaired) electrons. The van der Waals surface area contributed by atoms with Crippen molar-refractivity contribution in [2.45, 2.75) is 32.2 Å². The van der Waals surface area contributed by atoms with Crippen LogP contribution >= 0.6 is 0 Å². The van der Waals surface area contributed by atoms with Crippen molar-refractivity contribution in [2.24, 2.45) is 0 Å². The van der Waals surface area contributed by atoms with E-state index in [9.17, 15) is 9.59 Å². The van der Waals surface area contributed by atoms with Crippen LogP contribution < -0.4 is 10.6 Å². The third kappa shape index (κ3) is 8.65. The van der Waals surface area contributed by atoms with Gasteiger partial charge in [-0.15, -0.1) is 0 Å². The summed E-state index contributed by atoms with van der Waals surface area (Å²) < 4.78 is 4.84. The first kappa shape index (κ1) is 15.9. The van der Waals surface area contributed by atoms with Crippen molar-refractivity contribution in [3.05, 3.63) is 0 Å². The number of hydrogen-bond acceptors (Lipinski definition) is 4. The zero-order valence-electron chi connectivity index (χ0n) is 10.5. The first-order valence-electron chi connectivity index (χ1n) is 5.83. The number of methoxy groups -OCH3 is 1. The molecule has 0 fully saturated rings. The van der Waals surface area contributed by atoms with Gasteiger partial charge in [0.15, 0.2) is 0 Å². The Morgan fingerprint density at radius 1 is 1.41 bits per heavy atom. The molecule has 1 unspecified atom stereocenters. The molecule has 0 heterocycles. The molecule has 17 heavy (non-hydrogen) atoms. The van der Waals surface area contributed by atoms with Gasteiger partial charge >= 0.3 is 5.97 Å². The first-order chi connectivity index (χ1) is 8.11. The summed E-state index contributed by atoms with van der Waals surface area (Å²) in [5, 5.41) is 14.2. The van der Waals surface area contributed by atoms with Crippen molar-refractivity contribution in [2.75, 3.05) is 26.8 Å². The van der Waals surface area contributed by atoms with E-state index in [4.69, 9.17) is 9.84 Å². The Morgan fingerprint density at radius 2 is 2.12 bits per heavy atom. The van der Waals surface area contributed by atoms with Crippen LogP contribution in [0, 0.1) is 0 Å². The van der Waals surface area contributed by atoms with E-state index in [2.05, 4.69) is 10.6 Å². The van der Waals surface area contributed by atoms with E-state index < -0.39 is 12.0 Å². The summed E-state index contributed by atoms with van der Waals surface area (Å²) in [7, 11) is 1.60. The Bertz CT molecular complexity index is 234. The van der Waals surface area contributed by atoms with Crippen molar-refractivity contribution in [1.82, 2.24) is 10.6 Å². The predicted molar refractivity (Wildman–Crippen MR) is 63.8 cm³/mol. The van der Waals surface area contributed by atoms with Gasteiger partial charge in [0, 0.05) is 20.3 Å². The van der Waals surface area contributed by atoms with Gasteiger partial charge in [0.25, 0.3) is 0 Å². The molecule has 1 amide bonds. The maximum atomic E-state index is 11.3. The molecule has 3 N–H and O–H groups in total. The van der Waals surface area contributed by atoms with Crippen LogP contribution in [-0.4, -0.2) is 49.8 Å². The summed E-state index contributed by atoms with van der Waals surface area (Å²) >= 11 is 0. The number of amides is 1. The predicted octanol–water partition coefficient (Wildman–Crippen LogP) is -0.0180. The SMILES string of the molecule is CCCC(NCC(=O)NCCCOC)C(=O)O. The van der Waals surface area contributed by atoms with Gasteiger partial charge in [0.05, 0.1) is 6.54 Å². The van der Waals surface area contributed by atoms with Crippen LogP contribution in [0.5, 0.6) is 0 Å². The normalized spacial score (nSPS) is 12.1. The van der Waals surface area contributed by atoms with Crippen LogP contribution in [0.2, 0.25) is 0 Å². The minimum Gasteiger partial charge on any atom is -0.480 e. The van der Waals surface area contributed by atoms with Gasteiger partial charge in [-0.1, -0.05) is 13.3 Å². The number of carboxylic acids is 1. The van der Waals surface area contributed by atoms with Crippen LogP contribution in [0.15, 0.2) is 0 Å². The Balaban J connectivity index is 3.69. The van der Waals surface area contributed by atoms with Crippen molar-refractivity contribution >= 4 is 11.9 Å². The molecule has 6 heteroatoms. The van der Waals surface area contributed by atoms with Crippen molar-refractivity contribution in [3.63, 3.8) is 0 Å². The van der Waals surface area contributed by atoms with Gasteiger partial charge in [0.1, 0.15) is 6.04 Å². The lowest BCUT2D eigenvalue weighted by Crippen LogP contribution is -2.43. The molecule has 0 saturated carbocycles. The van der Waals surface area contributed by atoms with Gasteiger partial charge < -0.3 is 15.2 Å². The van der Waals surface area contributed by atoms with E-state index in [-0.39, 0.29) is 12.5 Å². The van der Waals surface area contributed by atoms with E-state index in [1.165, 1.54) is 0 Å². The Hall–Kier alpha value is -1.14. The Morgan fingerprint density at radius 3 is 2.65 bits per heavy atom. The highest BCUT2D eigenvalue weighted by atomic mass is 16.5. The van der Waals surface area contributed by atoms with E-state index in [0.717, 1.165) is 12.8 Å². The zero-order chi connectivity index (χ0) is 13.1. The quantitative estimate of drug-likeness (QED) is 0.472. The highest BCUT2D eigenvalue weighted by Gasteiger charge is 2.16. The Labute approximate surface area is 102 Å². The second kappa shape index (κ2) is 10.0. The number of ether oxygens (including phenoxy) is 1. The molecule has 0 spiro atoms. The second-order valence-corrected chi connectivity index (χ2v) is 3.76. The summed E-state index contributed by atoms with van der Waals surface area (Å²) in [6.45, 7) is 3.08. The number of aliphatic carboxylic acids is 1. The zero-order valence-corrected chi connectivity index (χ0v) is 10.5. The molecule has 1 atom stereocenters. The fraction of sp³-hybridized carbons (Fsp3) is 0.818. The molecule has 0 rings (SSSR count). The van der Waals surface area contributed by atoms with Crippen LogP contribution in [0.3, 0.4) is 0 Å². The summed E-state index contributed by atoms with van der Waals surface area (Å²) in [6.07, 6.45) is 2.03. The molecule has 0 aromatic rings. The molecule has 6 nitrogen and oxygen atoms in total. The summed E-state index contributed by atoms with van der Waals surface area (Å²) in [4.78, 5) is 22.1. The van der Waals surface area contributed by atoms with Crippen LogP contribution in [-0.2, 0) is 14.3 Å². The molecule has 0 aromatic carbocycles. The fourth-order valence-corrected chi connectivity index (χ4v) is 1.32. The third-order valence-corrected chi connectivity index (χ3v) is 2.23. The monoisotopic (exact) mass is 246 g/mol. The van der Waals surface area contributed by atoms with Gasteiger partial charge in [-0.2, -0.15) is 0 Å². The van der Waals surface area contributed by atoms with Crippen LogP contribution in [0.25, 0.3) is 0 Å². The van der Waals surface area contributed by atoms with E-state index >= 15 is 0 Å². The number of carbonyl (C=O) groups is 2. The molecule has 0 saturated heterocycles. The second-order valence-electron chi connectivity index (χ2n) is 3.76. The summed E-state index contributed by atoms with van der Waals surface area (Å²) in [6, 6.07) is -0.648. The molecule has 0 aliphatic rings. The lowest BCUT2D eigenvalue weighted by molar-refractivity contribution is -0.139. The molecule has 100 valence electrons. The highest BCUT2D eigenvalue weighted by Crippen LogP contribution is 1.95. The molecular formula is C11H22N2O4. The number of carboxylic acid groups (broad SMARTS) is 1. The fourth-order valence-electron chi connectivity index (χ4n) is 1.32. The number of rotatable bonds is 10. The smallest absolute Gasteiger partial charge is 0.320 e. The third-order valence-electron chi connectivity index (χ3n) is 2.23. The number of hydrogen-bond donors (Lipinski definition) is 3. The lowest BCUT2D eigenvalue weighted by atomic mass is 10.2. The molecule has 0 aromatic heterocycles. The minimum absolute atomic E-state index is 0.0317. The maximum Gasteiger partial charge on any atom is 0.320 e. The highest BCUT2D eigenvalue weighted by molar-refractivity contribution is 5.79. The summed E-state index contributed by atoms with van der Waals surface area (Å²) in [5.74, 6) is -1.11. The van der Waals surface area contributed by atoms with Gasteiger partial charge in [-0.25, -0.2) is 0 Å². The van der Waals surface area contributed by atoms with E-state index in [1.807, 2.05) is 6.92 Å². The van der Waals surface area contributed by atoms with E-state index in [1.54, 1.807) is 7.11 Å². The average molecular weight is 246 g/mol. The average Bonchev–Trinajstić information content (AvgIpc) is 2.29. The molecule has 0 bridgehead atoms. The molecule has 0 aliphatic carbocycles. The molecule has 0 aliphatic heterocycles. The lowest BCUT2D eigenvalue weighted by Gasteiger charge is -2.13. The van der Waals surface area contributed by atoms with Crippen molar-refractivity contribution < 1.29 is 19.4 Å². The number of carbonyl (C=O) groups excluding carboxylic acids is 1. The van der Waals surface area contributed by atoms with E-state index in [0.29, 0.717) is 19.6 Å². The van der Waals surface area contributed by atoms with Crippen LogP contribution in [0.1, 0.15) is 26.2 Å². The summed E-state index contributed by atoms with van der Waals surface area (Å²) in [5.41, 5.74) is 0. The standard InChI is InChI=1S/C11H22N2O4/c1-3-5-9(11(15)16)13-8-10(14)12-6-4-7-17-2/h9,13H,3-8H2,1-2H3,(H,12,14)(H,15,16). The minimum atomic E-state index is -0.918. The maximum absolute atomic E-state index is 11.3.